The summed E-state index contributed by atoms with van der Waals surface area (Å²) < 4.78 is 0. The van der Waals surface area contributed by atoms with E-state index in [0.717, 1.165) is 18.5 Å². The lowest BCUT2D eigenvalue weighted by molar-refractivity contribution is 0.00857. The van der Waals surface area contributed by atoms with Gasteiger partial charge in [0.05, 0.1) is 6.10 Å². The second kappa shape index (κ2) is 6.28. The van der Waals surface area contributed by atoms with Gasteiger partial charge in [-0.3, -0.25) is 4.90 Å². The van der Waals surface area contributed by atoms with E-state index >= 15 is 0 Å². The van der Waals surface area contributed by atoms with Gasteiger partial charge in [-0.25, -0.2) is 0 Å². The molecule has 0 fully saturated rings. The molecule has 0 bridgehead atoms. The summed E-state index contributed by atoms with van der Waals surface area (Å²) in [5.41, 5.74) is 2.45. The Morgan fingerprint density at radius 2 is 1.75 bits per heavy atom. The molecule has 0 aliphatic heterocycles. The number of fused-ring (bicyclic) bond motifs is 1. The summed E-state index contributed by atoms with van der Waals surface area (Å²) in [6.45, 7) is 12.3. The molecule has 0 spiro atoms. The number of benzene rings is 1. The van der Waals surface area contributed by atoms with Gasteiger partial charge in [-0.2, -0.15) is 0 Å². The lowest BCUT2D eigenvalue weighted by Gasteiger charge is -2.43. The molecule has 2 rings (SSSR count). The van der Waals surface area contributed by atoms with Gasteiger partial charge in [-0.1, -0.05) is 45.0 Å². The maximum Gasteiger partial charge on any atom is 0.0948 e. The second-order valence-corrected chi connectivity index (χ2v) is 6.96. The predicted molar refractivity (Wildman–Crippen MR) is 84.9 cm³/mol. The Balaban J connectivity index is 2.29. The summed E-state index contributed by atoms with van der Waals surface area (Å²) in [6, 6.07) is 9.09. The van der Waals surface area contributed by atoms with Crippen LogP contribution >= 0.6 is 0 Å². The smallest absolute Gasteiger partial charge is 0.0948 e. The van der Waals surface area contributed by atoms with Crippen molar-refractivity contribution < 1.29 is 5.11 Å². The van der Waals surface area contributed by atoms with Crippen LogP contribution in [0.1, 0.15) is 64.2 Å². The van der Waals surface area contributed by atoms with Crippen molar-refractivity contribution in [3.8, 4) is 0 Å². The minimum Gasteiger partial charge on any atom is -0.387 e. The van der Waals surface area contributed by atoms with E-state index in [1.165, 1.54) is 5.56 Å². The van der Waals surface area contributed by atoms with Crippen molar-refractivity contribution >= 4 is 0 Å². The highest BCUT2D eigenvalue weighted by Gasteiger charge is 2.36. The minimum atomic E-state index is -0.358. The molecule has 2 nitrogen and oxygen atoms in total. The Labute approximate surface area is 123 Å². The van der Waals surface area contributed by atoms with E-state index in [1.807, 2.05) is 6.07 Å². The third kappa shape index (κ3) is 3.07. The first-order valence-electron chi connectivity index (χ1n) is 7.94. The number of aliphatic hydroxyl groups is 1. The summed E-state index contributed by atoms with van der Waals surface area (Å²) >= 11 is 0. The maximum atomic E-state index is 10.8. The van der Waals surface area contributed by atoms with Crippen LogP contribution in [0.4, 0.5) is 0 Å². The molecule has 0 aromatic heterocycles. The normalized spacial score (nSPS) is 26.4. The number of aliphatic hydroxyl groups excluding tert-OH is 1. The van der Waals surface area contributed by atoms with Crippen molar-refractivity contribution in [3.63, 3.8) is 0 Å². The first-order valence-corrected chi connectivity index (χ1v) is 7.94. The maximum absolute atomic E-state index is 10.8. The third-order valence-electron chi connectivity index (χ3n) is 4.47. The standard InChI is InChI=1S/C18H29NO/c1-12(2)11-19(13(3)4)17-10-14(5)15-8-6-7-9-16(15)18(17)20/h6-9,12-14,17-18,20H,10-11H2,1-5H3. The van der Waals surface area contributed by atoms with Gasteiger partial charge < -0.3 is 5.11 Å². The molecule has 2 heteroatoms. The van der Waals surface area contributed by atoms with Crippen molar-refractivity contribution in [1.82, 2.24) is 4.90 Å². The number of hydrogen-bond donors (Lipinski definition) is 1. The average Bonchev–Trinajstić information content (AvgIpc) is 2.40. The molecule has 1 aliphatic rings. The molecule has 0 saturated carbocycles. The van der Waals surface area contributed by atoms with Gasteiger partial charge in [0.15, 0.2) is 0 Å². The van der Waals surface area contributed by atoms with Crippen LogP contribution in [0.2, 0.25) is 0 Å². The Kier molecular flexibility index (Phi) is 4.87. The van der Waals surface area contributed by atoms with Crippen molar-refractivity contribution in [2.45, 2.75) is 65.1 Å². The lowest BCUT2D eigenvalue weighted by Crippen LogP contribution is -2.48. The highest BCUT2D eigenvalue weighted by molar-refractivity contribution is 5.35. The molecular weight excluding hydrogens is 246 g/mol. The predicted octanol–water partition coefficient (Wildman–Crippen LogP) is 3.96. The van der Waals surface area contributed by atoms with Crippen LogP contribution in [0.25, 0.3) is 0 Å². The van der Waals surface area contributed by atoms with Crippen molar-refractivity contribution in [2.75, 3.05) is 6.54 Å². The summed E-state index contributed by atoms with van der Waals surface area (Å²) in [4.78, 5) is 2.49. The van der Waals surface area contributed by atoms with Gasteiger partial charge in [0.1, 0.15) is 0 Å². The third-order valence-corrected chi connectivity index (χ3v) is 4.47. The molecule has 20 heavy (non-hydrogen) atoms. The fourth-order valence-corrected chi connectivity index (χ4v) is 3.52. The van der Waals surface area contributed by atoms with Crippen LogP contribution in [-0.4, -0.2) is 28.6 Å². The van der Waals surface area contributed by atoms with E-state index in [2.05, 4.69) is 57.7 Å². The lowest BCUT2D eigenvalue weighted by atomic mass is 9.78. The molecule has 1 aromatic rings. The van der Waals surface area contributed by atoms with E-state index < -0.39 is 0 Å². The molecule has 1 aromatic carbocycles. The van der Waals surface area contributed by atoms with Crippen molar-refractivity contribution in [3.05, 3.63) is 35.4 Å². The van der Waals surface area contributed by atoms with E-state index in [1.54, 1.807) is 0 Å². The molecule has 0 saturated heterocycles. The van der Waals surface area contributed by atoms with Gasteiger partial charge in [0.2, 0.25) is 0 Å². The molecule has 0 amide bonds. The number of nitrogens with zero attached hydrogens (tertiary/aromatic N) is 1. The van der Waals surface area contributed by atoms with Crippen LogP contribution in [-0.2, 0) is 0 Å². The van der Waals surface area contributed by atoms with Gasteiger partial charge in [-0.15, -0.1) is 0 Å². The zero-order chi connectivity index (χ0) is 14.9. The van der Waals surface area contributed by atoms with E-state index in [-0.39, 0.29) is 12.1 Å². The summed E-state index contributed by atoms with van der Waals surface area (Å²) in [7, 11) is 0. The van der Waals surface area contributed by atoms with E-state index in [9.17, 15) is 5.11 Å². The highest BCUT2D eigenvalue weighted by Crippen LogP contribution is 2.40. The summed E-state index contributed by atoms with van der Waals surface area (Å²) in [5, 5.41) is 10.8. The van der Waals surface area contributed by atoms with E-state index in [0.29, 0.717) is 17.9 Å². The van der Waals surface area contributed by atoms with Gasteiger partial charge in [0.25, 0.3) is 0 Å². The molecule has 0 radical (unpaired) electrons. The first kappa shape index (κ1) is 15.5. The van der Waals surface area contributed by atoms with Gasteiger partial charge in [-0.05, 0) is 43.2 Å². The van der Waals surface area contributed by atoms with Crippen LogP contribution in [0.3, 0.4) is 0 Å². The van der Waals surface area contributed by atoms with Crippen LogP contribution in [0.5, 0.6) is 0 Å². The minimum absolute atomic E-state index is 0.238. The first-order chi connectivity index (χ1) is 9.41. The average molecular weight is 275 g/mol. The fraction of sp³-hybridized carbons (Fsp3) is 0.667. The van der Waals surface area contributed by atoms with E-state index in [4.69, 9.17) is 0 Å². The number of hydrogen-bond acceptors (Lipinski definition) is 2. The summed E-state index contributed by atoms with van der Waals surface area (Å²) in [6.07, 6.45) is 0.687. The van der Waals surface area contributed by atoms with Crippen LogP contribution in [0, 0.1) is 5.92 Å². The zero-order valence-corrected chi connectivity index (χ0v) is 13.5. The molecule has 0 heterocycles. The molecule has 1 N–H and O–H groups in total. The summed E-state index contributed by atoms with van der Waals surface area (Å²) in [5.74, 6) is 1.14. The topological polar surface area (TPSA) is 23.5 Å². The van der Waals surface area contributed by atoms with Crippen LogP contribution in [0.15, 0.2) is 24.3 Å². The molecular formula is C18H29NO. The largest absolute Gasteiger partial charge is 0.387 e. The SMILES string of the molecule is CC(C)CN(C(C)C)C1CC(C)c2ccccc2C1O. The Morgan fingerprint density at radius 1 is 1.15 bits per heavy atom. The van der Waals surface area contributed by atoms with Crippen molar-refractivity contribution in [1.29, 1.82) is 0 Å². The Morgan fingerprint density at radius 3 is 2.30 bits per heavy atom. The van der Waals surface area contributed by atoms with Crippen molar-refractivity contribution in [2.24, 2.45) is 5.92 Å². The Bertz CT molecular complexity index is 441. The monoisotopic (exact) mass is 275 g/mol. The van der Waals surface area contributed by atoms with Gasteiger partial charge >= 0.3 is 0 Å². The number of rotatable bonds is 4. The fourth-order valence-electron chi connectivity index (χ4n) is 3.52. The molecule has 112 valence electrons. The molecule has 3 atom stereocenters. The molecule has 1 aliphatic carbocycles. The molecule has 3 unspecified atom stereocenters. The zero-order valence-electron chi connectivity index (χ0n) is 13.5. The quantitative estimate of drug-likeness (QED) is 0.899. The highest BCUT2D eigenvalue weighted by atomic mass is 16.3. The van der Waals surface area contributed by atoms with Crippen LogP contribution < -0.4 is 0 Å². The Hall–Kier alpha value is -0.860. The second-order valence-electron chi connectivity index (χ2n) is 6.96. The van der Waals surface area contributed by atoms with Gasteiger partial charge in [0, 0.05) is 18.6 Å².